The van der Waals surface area contributed by atoms with Crippen LogP contribution in [0.5, 0.6) is 5.75 Å². The van der Waals surface area contributed by atoms with Crippen molar-refractivity contribution >= 4 is 17.8 Å². The van der Waals surface area contributed by atoms with Crippen LogP contribution in [-0.2, 0) is 14.4 Å². The molecule has 0 aromatic heterocycles. The van der Waals surface area contributed by atoms with Crippen LogP contribution < -0.4 is 4.74 Å². The zero-order chi connectivity index (χ0) is 20.1. The van der Waals surface area contributed by atoms with Crippen molar-refractivity contribution in [3.05, 3.63) is 30.3 Å². The topological polar surface area (TPSA) is 87.2 Å². The minimum atomic E-state index is -0.830. The minimum Gasteiger partial charge on any atom is -0.484 e. The average Bonchev–Trinajstić information content (AvgIpc) is 2.72. The number of ether oxygens (including phenoxy) is 1. The quantitative estimate of drug-likeness (QED) is 0.834. The van der Waals surface area contributed by atoms with E-state index >= 15 is 0 Å². The lowest BCUT2D eigenvalue weighted by atomic mass is 9.89. The van der Waals surface area contributed by atoms with Gasteiger partial charge in [0.2, 0.25) is 5.91 Å². The van der Waals surface area contributed by atoms with Gasteiger partial charge >= 0.3 is 5.97 Å². The van der Waals surface area contributed by atoms with Gasteiger partial charge in [-0.3, -0.25) is 14.4 Å². The molecule has 2 saturated heterocycles. The molecule has 7 heteroatoms. The number of likely N-dealkylation sites (tertiary alicyclic amines) is 2. The van der Waals surface area contributed by atoms with Crippen LogP contribution in [0.1, 0.15) is 32.6 Å². The second-order valence-electron chi connectivity index (χ2n) is 7.71. The molecule has 0 aliphatic carbocycles. The van der Waals surface area contributed by atoms with Crippen molar-refractivity contribution in [1.29, 1.82) is 0 Å². The van der Waals surface area contributed by atoms with Gasteiger partial charge in [0.25, 0.3) is 5.91 Å². The average molecular weight is 388 g/mol. The van der Waals surface area contributed by atoms with Gasteiger partial charge in [0.1, 0.15) is 5.75 Å². The first-order chi connectivity index (χ1) is 13.5. The number of carboxylic acids is 1. The van der Waals surface area contributed by atoms with Crippen molar-refractivity contribution in [3.8, 4) is 5.75 Å². The molecule has 0 saturated carbocycles. The number of carbonyl (C=O) groups is 3. The van der Waals surface area contributed by atoms with Crippen LogP contribution in [0.2, 0.25) is 0 Å². The molecule has 0 spiro atoms. The predicted octanol–water partition coefficient (Wildman–Crippen LogP) is 2.02. The van der Waals surface area contributed by atoms with Crippen LogP contribution in [0.25, 0.3) is 0 Å². The number of amides is 2. The Morgan fingerprint density at radius 3 is 2.36 bits per heavy atom. The molecule has 0 radical (unpaired) electrons. The maximum atomic E-state index is 12.9. The van der Waals surface area contributed by atoms with E-state index < -0.39 is 11.9 Å². The van der Waals surface area contributed by atoms with Gasteiger partial charge in [-0.15, -0.1) is 0 Å². The van der Waals surface area contributed by atoms with E-state index in [0.29, 0.717) is 44.6 Å². The number of piperidine rings is 2. The lowest BCUT2D eigenvalue weighted by Gasteiger charge is -2.40. The number of carboxylic acid groups (broad SMARTS) is 1. The van der Waals surface area contributed by atoms with E-state index in [1.54, 1.807) is 9.80 Å². The van der Waals surface area contributed by atoms with E-state index in [1.807, 2.05) is 37.3 Å². The molecule has 28 heavy (non-hydrogen) atoms. The highest BCUT2D eigenvalue weighted by molar-refractivity contribution is 5.82. The molecule has 2 heterocycles. The molecule has 1 N–H and O–H groups in total. The summed E-state index contributed by atoms with van der Waals surface area (Å²) in [6, 6.07) is 9.28. The number of carbonyl (C=O) groups excluding carboxylic acids is 2. The Morgan fingerprint density at radius 2 is 1.71 bits per heavy atom. The standard InChI is InChI=1S/C21H28N2O5/c1-15-7-8-17(21(26)27)13-23(15)20(25)16-9-11-22(12-10-16)19(24)14-28-18-5-3-2-4-6-18/h2-6,15-17H,7-14H2,1H3,(H,26,27). The first-order valence-corrected chi connectivity index (χ1v) is 9.94. The van der Waals surface area contributed by atoms with E-state index in [9.17, 15) is 19.5 Å². The molecule has 1 aromatic rings. The third kappa shape index (κ3) is 4.82. The fraction of sp³-hybridized carbons (Fsp3) is 0.571. The molecule has 152 valence electrons. The molecule has 2 unspecified atom stereocenters. The third-order valence-corrected chi connectivity index (χ3v) is 5.82. The van der Waals surface area contributed by atoms with Gasteiger partial charge < -0.3 is 19.6 Å². The van der Waals surface area contributed by atoms with E-state index in [2.05, 4.69) is 0 Å². The van der Waals surface area contributed by atoms with Crippen LogP contribution >= 0.6 is 0 Å². The molecule has 0 bridgehead atoms. The Balaban J connectivity index is 1.48. The molecule has 2 atom stereocenters. The Kier molecular flexibility index (Phi) is 6.54. The zero-order valence-electron chi connectivity index (χ0n) is 16.3. The third-order valence-electron chi connectivity index (χ3n) is 5.82. The van der Waals surface area contributed by atoms with Crippen LogP contribution in [0.15, 0.2) is 30.3 Å². The molecular formula is C21H28N2O5. The molecule has 1 aromatic carbocycles. The van der Waals surface area contributed by atoms with E-state index in [4.69, 9.17) is 4.74 Å². The van der Waals surface area contributed by atoms with Crippen LogP contribution in [-0.4, -0.2) is 65.0 Å². The van der Waals surface area contributed by atoms with Crippen molar-refractivity contribution in [3.63, 3.8) is 0 Å². The monoisotopic (exact) mass is 388 g/mol. The summed E-state index contributed by atoms with van der Waals surface area (Å²) in [4.78, 5) is 40.1. The molecule has 2 fully saturated rings. The lowest BCUT2D eigenvalue weighted by Crippen LogP contribution is -2.51. The zero-order valence-corrected chi connectivity index (χ0v) is 16.3. The van der Waals surface area contributed by atoms with Gasteiger partial charge in [-0.05, 0) is 44.7 Å². The minimum absolute atomic E-state index is 0.00786. The number of hydrogen-bond acceptors (Lipinski definition) is 4. The Morgan fingerprint density at radius 1 is 1.04 bits per heavy atom. The number of nitrogens with zero attached hydrogens (tertiary/aromatic N) is 2. The second kappa shape index (κ2) is 9.08. The summed E-state index contributed by atoms with van der Waals surface area (Å²) in [7, 11) is 0. The summed E-state index contributed by atoms with van der Waals surface area (Å²) in [6.07, 6.45) is 2.55. The Hall–Kier alpha value is -2.57. The Bertz CT molecular complexity index is 700. The van der Waals surface area contributed by atoms with Gasteiger partial charge in [0.05, 0.1) is 5.92 Å². The summed E-state index contributed by atoms with van der Waals surface area (Å²) in [5.41, 5.74) is 0. The molecule has 2 aliphatic heterocycles. The molecular weight excluding hydrogens is 360 g/mol. The van der Waals surface area contributed by atoms with Crippen molar-refractivity contribution in [2.75, 3.05) is 26.2 Å². The fourth-order valence-corrected chi connectivity index (χ4v) is 3.98. The van der Waals surface area contributed by atoms with Crippen LogP contribution in [0, 0.1) is 11.8 Å². The highest BCUT2D eigenvalue weighted by Crippen LogP contribution is 2.27. The highest BCUT2D eigenvalue weighted by Gasteiger charge is 2.37. The summed E-state index contributed by atoms with van der Waals surface area (Å²) in [5.74, 6) is -0.833. The maximum absolute atomic E-state index is 12.9. The Labute approximate surface area is 165 Å². The summed E-state index contributed by atoms with van der Waals surface area (Å²) in [5, 5.41) is 9.27. The summed E-state index contributed by atoms with van der Waals surface area (Å²) >= 11 is 0. The van der Waals surface area contributed by atoms with Crippen LogP contribution in [0.4, 0.5) is 0 Å². The summed E-state index contributed by atoms with van der Waals surface area (Å²) in [6.45, 7) is 3.32. The van der Waals surface area contributed by atoms with Gasteiger partial charge in [0, 0.05) is 31.6 Å². The number of para-hydroxylation sites is 1. The van der Waals surface area contributed by atoms with Gasteiger partial charge in [0.15, 0.2) is 6.61 Å². The highest BCUT2D eigenvalue weighted by atomic mass is 16.5. The number of aliphatic carboxylic acids is 1. The predicted molar refractivity (Wildman–Crippen MR) is 103 cm³/mol. The molecule has 3 rings (SSSR count). The van der Waals surface area contributed by atoms with Crippen LogP contribution in [0.3, 0.4) is 0 Å². The van der Waals surface area contributed by atoms with E-state index in [-0.39, 0.29) is 30.4 Å². The SMILES string of the molecule is CC1CCC(C(=O)O)CN1C(=O)C1CCN(C(=O)COc2ccccc2)CC1. The first-order valence-electron chi connectivity index (χ1n) is 9.94. The van der Waals surface area contributed by atoms with E-state index in [1.165, 1.54) is 0 Å². The maximum Gasteiger partial charge on any atom is 0.308 e. The molecule has 7 nitrogen and oxygen atoms in total. The van der Waals surface area contributed by atoms with Gasteiger partial charge in [-0.25, -0.2) is 0 Å². The van der Waals surface area contributed by atoms with E-state index in [0.717, 1.165) is 6.42 Å². The fourth-order valence-electron chi connectivity index (χ4n) is 3.98. The van der Waals surface area contributed by atoms with Crippen molar-refractivity contribution in [2.45, 2.75) is 38.6 Å². The van der Waals surface area contributed by atoms with Crippen molar-refractivity contribution < 1.29 is 24.2 Å². The second-order valence-corrected chi connectivity index (χ2v) is 7.71. The summed E-state index contributed by atoms with van der Waals surface area (Å²) < 4.78 is 5.52. The largest absolute Gasteiger partial charge is 0.484 e. The van der Waals surface area contributed by atoms with Gasteiger partial charge in [-0.1, -0.05) is 18.2 Å². The number of benzene rings is 1. The lowest BCUT2D eigenvalue weighted by molar-refractivity contribution is -0.150. The molecule has 2 aliphatic rings. The number of hydrogen-bond donors (Lipinski definition) is 1. The first kappa shape index (κ1) is 20.2. The number of rotatable bonds is 5. The van der Waals surface area contributed by atoms with Crippen molar-refractivity contribution in [1.82, 2.24) is 9.80 Å². The molecule has 2 amide bonds. The van der Waals surface area contributed by atoms with Crippen molar-refractivity contribution in [2.24, 2.45) is 11.8 Å². The normalized spacial score (nSPS) is 23.3. The smallest absolute Gasteiger partial charge is 0.308 e. The van der Waals surface area contributed by atoms with Gasteiger partial charge in [-0.2, -0.15) is 0 Å².